The van der Waals surface area contributed by atoms with Gasteiger partial charge in [-0.15, -0.1) is 11.6 Å². The van der Waals surface area contributed by atoms with E-state index in [0.717, 1.165) is 30.9 Å². The van der Waals surface area contributed by atoms with Crippen molar-refractivity contribution in [3.8, 4) is 0 Å². The number of benzene rings is 1. The summed E-state index contributed by atoms with van der Waals surface area (Å²) in [6.07, 6.45) is 7.04. The summed E-state index contributed by atoms with van der Waals surface area (Å²) in [7, 11) is 0. The van der Waals surface area contributed by atoms with Crippen molar-refractivity contribution in [2.24, 2.45) is 22.9 Å². The first kappa shape index (κ1) is 12.5. The maximum absolute atomic E-state index is 6.85. The third kappa shape index (κ3) is 1.69. The molecule has 3 unspecified atom stereocenters. The summed E-state index contributed by atoms with van der Waals surface area (Å²) in [5.74, 6) is 2.03. The van der Waals surface area contributed by atoms with Gasteiger partial charge in [0.2, 0.25) is 0 Å². The molecule has 0 amide bonds. The SMILES string of the molecule is ClC12CC3C[C@H](C1)C1(CC(c4ccccc4)=NO1)[C@@H](C3)C2. The lowest BCUT2D eigenvalue weighted by molar-refractivity contribution is -0.184. The second kappa shape index (κ2) is 4.04. The van der Waals surface area contributed by atoms with Crippen molar-refractivity contribution in [1.82, 2.24) is 0 Å². The molecule has 110 valence electrons. The Labute approximate surface area is 130 Å². The molecule has 1 aromatic rings. The molecule has 1 heterocycles. The van der Waals surface area contributed by atoms with Gasteiger partial charge in [-0.25, -0.2) is 0 Å². The van der Waals surface area contributed by atoms with Gasteiger partial charge in [0.15, 0.2) is 0 Å². The van der Waals surface area contributed by atoms with Gasteiger partial charge >= 0.3 is 0 Å². The summed E-state index contributed by atoms with van der Waals surface area (Å²) in [4.78, 5) is 6.23. The molecular weight excluding hydrogens is 282 g/mol. The van der Waals surface area contributed by atoms with Gasteiger partial charge in [-0.2, -0.15) is 0 Å². The molecule has 3 heteroatoms. The average molecular weight is 302 g/mol. The Morgan fingerprint density at radius 3 is 2.43 bits per heavy atom. The van der Waals surface area contributed by atoms with Gasteiger partial charge in [-0.3, -0.25) is 0 Å². The molecule has 1 spiro atoms. The smallest absolute Gasteiger partial charge is 0.149 e. The van der Waals surface area contributed by atoms with E-state index in [9.17, 15) is 0 Å². The Morgan fingerprint density at radius 2 is 1.76 bits per heavy atom. The molecule has 0 radical (unpaired) electrons. The quantitative estimate of drug-likeness (QED) is 0.706. The Kier molecular flexibility index (Phi) is 2.41. The first-order chi connectivity index (χ1) is 10.2. The highest BCUT2D eigenvalue weighted by Gasteiger charge is 2.65. The maximum Gasteiger partial charge on any atom is 0.149 e. The highest BCUT2D eigenvalue weighted by atomic mass is 35.5. The molecule has 5 aliphatic rings. The number of halogens is 1. The van der Waals surface area contributed by atoms with Gasteiger partial charge < -0.3 is 4.84 Å². The molecule has 4 fully saturated rings. The van der Waals surface area contributed by atoms with Crippen LogP contribution >= 0.6 is 11.6 Å². The van der Waals surface area contributed by atoms with E-state index >= 15 is 0 Å². The molecule has 6 rings (SSSR count). The predicted molar refractivity (Wildman–Crippen MR) is 83.6 cm³/mol. The van der Waals surface area contributed by atoms with Crippen molar-refractivity contribution in [3.63, 3.8) is 0 Å². The van der Waals surface area contributed by atoms with E-state index in [1.54, 1.807) is 0 Å². The molecule has 5 atom stereocenters. The molecule has 0 aromatic heterocycles. The Bertz CT molecular complexity index is 595. The van der Waals surface area contributed by atoms with Crippen molar-refractivity contribution in [1.29, 1.82) is 0 Å². The van der Waals surface area contributed by atoms with Gasteiger partial charge in [0.05, 0.1) is 5.71 Å². The zero-order chi connectivity index (χ0) is 14.1. The average Bonchev–Trinajstić information content (AvgIpc) is 2.91. The van der Waals surface area contributed by atoms with Gasteiger partial charge in [0.25, 0.3) is 0 Å². The number of rotatable bonds is 1. The summed E-state index contributed by atoms with van der Waals surface area (Å²) in [5.41, 5.74) is 2.30. The first-order valence-electron chi connectivity index (χ1n) is 8.16. The Balaban J connectivity index is 1.47. The van der Waals surface area contributed by atoms with Crippen molar-refractivity contribution in [2.75, 3.05) is 0 Å². The van der Waals surface area contributed by atoms with Crippen LogP contribution in [0, 0.1) is 17.8 Å². The largest absolute Gasteiger partial charge is 0.388 e. The van der Waals surface area contributed by atoms with E-state index < -0.39 is 0 Å². The number of hydrogen-bond acceptors (Lipinski definition) is 2. The minimum atomic E-state index is -0.0412. The Hall–Kier alpha value is -1.02. The fraction of sp³-hybridized carbons (Fsp3) is 0.611. The molecule has 1 aromatic carbocycles. The lowest BCUT2D eigenvalue weighted by Gasteiger charge is -2.61. The van der Waals surface area contributed by atoms with Gasteiger partial charge in [0, 0.05) is 23.1 Å². The second-order valence-corrected chi connectivity index (χ2v) is 8.42. The normalized spacial score (nSPS) is 46.7. The molecule has 2 nitrogen and oxygen atoms in total. The van der Waals surface area contributed by atoms with Crippen LogP contribution in [0.5, 0.6) is 0 Å². The zero-order valence-electron chi connectivity index (χ0n) is 12.1. The summed E-state index contributed by atoms with van der Waals surface area (Å²) >= 11 is 6.85. The van der Waals surface area contributed by atoms with Gasteiger partial charge in [0.1, 0.15) is 5.60 Å². The third-order valence-corrected chi connectivity index (χ3v) is 6.84. The van der Waals surface area contributed by atoms with Crippen molar-refractivity contribution in [3.05, 3.63) is 35.9 Å². The van der Waals surface area contributed by atoms with E-state index in [4.69, 9.17) is 16.4 Å². The number of alkyl halides is 1. The molecular formula is C18H20ClNO. The molecule has 4 bridgehead atoms. The van der Waals surface area contributed by atoms with E-state index in [1.807, 2.05) is 0 Å². The van der Waals surface area contributed by atoms with E-state index in [-0.39, 0.29) is 10.5 Å². The van der Waals surface area contributed by atoms with E-state index in [2.05, 4.69) is 35.5 Å². The van der Waals surface area contributed by atoms with Crippen LogP contribution in [0.2, 0.25) is 0 Å². The first-order valence-corrected chi connectivity index (χ1v) is 8.54. The fourth-order valence-electron chi connectivity index (χ4n) is 5.65. The summed E-state index contributed by atoms with van der Waals surface area (Å²) in [6.45, 7) is 0. The van der Waals surface area contributed by atoms with Gasteiger partial charge in [-0.1, -0.05) is 35.5 Å². The second-order valence-electron chi connectivity index (χ2n) is 7.62. The van der Waals surface area contributed by atoms with Crippen LogP contribution in [0.3, 0.4) is 0 Å². The standard InChI is InChI=1S/C18H20ClNO/c19-17-8-12-6-14(9-17)18(15(7-12)10-17)11-16(20-21-18)13-4-2-1-3-5-13/h1-5,12,14-15H,6-11H2/t12?,14-,15+,17?,18?. The van der Waals surface area contributed by atoms with Crippen molar-refractivity contribution >= 4 is 17.3 Å². The van der Waals surface area contributed by atoms with Crippen LogP contribution in [-0.4, -0.2) is 16.2 Å². The molecule has 4 saturated carbocycles. The topological polar surface area (TPSA) is 21.6 Å². The predicted octanol–water partition coefficient (Wildman–Crippen LogP) is 4.37. The van der Waals surface area contributed by atoms with Crippen LogP contribution in [0.15, 0.2) is 35.5 Å². The number of hydrogen-bond donors (Lipinski definition) is 0. The molecule has 1 aliphatic heterocycles. The molecule has 21 heavy (non-hydrogen) atoms. The third-order valence-electron chi connectivity index (χ3n) is 6.37. The fourth-order valence-corrected chi connectivity index (χ4v) is 6.24. The van der Waals surface area contributed by atoms with Crippen LogP contribution in [0.25, 0.3) is 0 Å². The molecule has 0 saturated heterocycles. The van der Waals surface area contributed by atoms with E-state index in [0.29, 0.717) is 11.8 Å². The van der Waals surface area contributed by atoms with E-state index in [1.165, 1.54) is 24.8 Å². The van der Waals surface area contributed by atoms with Crippen LogP contribution < -0.4 is 0 Å². The summed E-state index contributed by atoms with van der Waals surface area (Å²) in [5, 5.41) is 4.50. The summed E-state index contributed by atoms with van der Waals surface area (Å²) in [6, 6.07) is 10.5. The minimum Gasteiger partial charge on any atom is -0.388 e. The molecule has 4 aliphatic carbocycles. The lowest BCUT2D eigenvalue weighted by Crippen LogP contribution is -2.62. The molecule has 0 N–H and O–H groups in total. The highest BCUT2D eigenvalue weighted by molar-refractivity contribution is 6.24. The van der Waals surface area contributed by atoms with Crippen molar-refractivity contribution < 1.29 is 4.84 Å². The minimum absolute atomic E-state index is 0.0412. The van der Waals surface area contributed by atoms with Crippen molar-refractivity contribution in [2.45, 2.75) is 49.0 Å². The lowest BCUT2D eigenvalue weighted by atomic mass is 9.48. The number of nitrogens with zero attached hydrogens (tertiary/aromatic N) is 1. The monoisotopic (exact) mass is 301 g/mol. The summed E-state index contributed by atoms with van der Waals surface area (Å²) < 4.78 is 0. The Morgan fingerprint density at radius 1 is 1.05 bits per heavy atom. The van der Waals surface area contributed by atoms with Gasteiger partial charge in [-0.05, 0) is 43.6 Å². The highest BCUT2D eigenvalue weighted by Crippen LogP contribution is 2.65. The zero-order valence-corrected chi connectivity index (χ0v) is 12.9. The number of oxime groups is 1. The van der Waals surface area contributed by atoms with Crippen LogP contribution in [0.1, 0.15) is 44.1 Å². The van der Waals surface area contributed by atoms with Crippen LogP contribution in [-0.2, 0) is 4.84 Å². The van der Waals surface area contributed by atoms with Crippen LogP contribution in [0.4, 0.5) is 0 Å². The maximum atomic E-state index is 6.85.